The van der Waals surface area contributed by atoms with Crippen molar-refractivity contribution in [1.29, 1.82) is 0 Å². The largest absolute Gasteiger partial charge is 0.0696 e. The monoisotopic (exact) mass is 290 g/mol. The summed E-state index contributed by atoms with van der Waals surface area (Å²) in [5.41, 5.74) is 3.48. The van der Waals surface area contributed by atoms with E-state index in [9.17, 15) is 0 Å². The van der Waals surface area contributed by atoms with Gasteiger partial charge in [-0.2, -0.15) is 0 Å². The number of allylic oxidation sites excluding steroid dienone is 4. The lowest BCUT2D eigenvalue weighted by atomic mass is 9.80. The Morgan fingerprint density at radius 1 is 0.762 bits per heavy atom. The van der Waals surface area contributed by atoms with Crippen molar-refractivity contribution in [2.45, 2.75) is 104 Å². The first-order valence-corrected chi connectivity index (χ1v) is 9.70. The van der Waals surface area contributed by atoms with E-state index in [-0.39, 0.29) is 0 Å². The molecule has 0 nitrogen and oxygen atoms in total. The summed E-state index contributed by atoms with van der Waals surface area (Å²) in [6.45, 7) is 6.94. The average Bonchev–Trinajstić information content (AvgIpc) is 2.50. The van der Waals surface area contributed by atoms with Gasteiger partial charge in [-0.05, 0) is 44.4 Å². The van der Waals surface area contributed by atoms with Crippen LogP contribution in [-0.2, 0) is 0 Å². The minimum atomic E-state index is 0.864. The number of hydrogen-bond acceptors (Lipinski definition) is 0. The highest BCUT2D eigenvalue weighted by molar-refractivity contribution is 5.26. The number of rotatable bonds is 12. The Bertz CT molecular complexity index is 308. The molecule has 1 atom stereocenters. The lowest BCUT2D eigenvalue weighted by Crippen LogP contribution is -2.09. The van der Waals surface area contributed by atoms with Crippen LogP contribution in [0.4, 0.5) is 0 Å². The van der Waals surface area contributed by atoms with Crippen LogP contribution in [0.5, 0.6) is 0 Å². The summed E-state index contributed by atoms with van der Waals surface area (Å²) < 4.78 is 0. The number of hydrogen-bond donors (Lipinski definition) is 0. The molecular formula is C21H38. The van der Waals surface area contributed by atoms with Gasteiger partial charge in [-0.25, -0.2) is 0 Å². The van der Waals surface area contributed by atoms with Gasteiger partial charge in [0.2, 0.25) is 0 Å². The standard InChI is InChI=1S/C21H38/c1-4-7-9-11-14-19-16-17-20(15-12-10-8-5-2)21(18-19)13-6-3/h16-17,21H,4-15,18H2,1-3H3. The zero-order chi connectivity index (χ0) is 15.3. The van der Waals surface area contributed by atoms with Crippen molar-refractivity contribution < 1.29 is 0 Å². The van der Waals surface area contributed by atoms with E-state index in [0.717, 1.165) is 5.92 Å². The molecule has 0 saturated carbocycles. The quantitative estimate of drug-likeness (QED) is 0.325. The highest BCUT2D eigenvalue weighted by Gasteiger charge is 2.18. The van der Waals surface area contributed by atoms with Gasteiger partial charge in [0.15, 0.2) is 0 Å². The van der Waals surface area contributed by atoms with E-state index in [1.54, 1.807) is 11.1 Å². The summed E-state index contributed by atoms with van der Waals surface area (Å²) in [6, 6.07) is 0. The Kier molecular flexibility index (Phi) is 10.6. The second kappa shape index (κ2) is 12.1. The zero-order valence-corrected chi connectivity index (χ0v) is 14.9. The molecule has 0 aromatic carbocycles. The first-order chi connectivity index (χ1) is 10.3. The summed E-state index contributed by atoms with van der Waals surface area (Å²) in [5.74, 6) is 0.864. The molecule has 1 aliphatic rings. The Labute approximate surface area is 134 Å². The molecule has 0 heterocycles. The van der Waals surface area contributed by atoms with Crippen LogP contribution in [0.25, 0.3) is 0 Å². The van der Waals surface area contributed by atoms with Gasteiger partial charge in [-0.3, -0.25) is 0 Å². The molecule has 0 fully saturated rings. The lowest BCUT2D eigenvalue weighted by Gasteiger charge is -2.25. The Morgan fingerprint density at radius 3 is 2.05 bits per heavy atom. The minimum absolute atomic E-state index is 0.864. The van der Waals surface area contributed by atoms with Gasteiger partial charge in [0.25, 0.3) is 0 Å². The first-order valence-electron chi connectivity index (χ1n) is 9.70. The van der Waals surface area contributed by atoms with Crippen LogP contribution in [0.15, 0.2) is 23.3 Å². The molecule has 21 heavy (non-hydrogen) atoms. The molecule has 0 radical (unpaired) electrons. The maximum Gasteiger partial charge on any atom is -0.0163 e. The molecule has 0 heteroatoms. The minimum Gasteiger partial charge on any atom is -0.0696 e. The maximum atomic E-state index is 2.49. The Hall–Kier alpha value is -0.520. The van der Waals surface area contributed by atoms with Gasteiger partial charge in [0, 0.05) is 0 Å². The molecular weight excluding hydrogens is 252 g/mol. The topological polar surface area (TPSA) is 0 Å². The second-order valence-corrected chi connectivity index (χ2v) is 6.88. The van der Waals surface area contributed by atoms with E-state index >= 15 is 0 Å². The highest BCUT2D eigenvalue weighted by atomic mass is 14.2. The first kappa shape index (κ1) is 18.5. The van der Waals surface area contributed by atoms with E-state index in [1.807, 2.05) is 0 Å². The summed E-state index contributed by atoms with van der Waals surface area (Å²) in [4.78, 5) is 0. The summed E-state index contributed by atoms with van der Waals surface area (Å²) in [6.07, 6.45) is 22.9. The second-order valence-electron chi connectivity index (χ2n) is 6.88. The van der Waals surface area contributed by atoms with E-state index < -0.39 is 0 Å². The van der Waals surface area contributed by atoms with Crippen LogP contribution < -0.4 is 0 Å². The van der Waals surface area contributed by atoms with Crippen molar-refractivity contribution in [1.82, 2.24) is 0 Å². The highest BCUT2D eigenvalue weighted by Crippen LogP contribution is 2.34. The van der Waals surface area contributed by atoms with Gasteiger partial charge in [0.05, 0.1) is 0 Å². The van der Waals surface area contributed by atoms with Crippen molar-refractivity contribution in [3.63, 3.8) is 0 Å². The SMILES string of the molecule is CCCCCCC1=CC=C(CCCCCC)C(CCC)C1. The molecule has 1 unspecified atom stereocenters. The van der Waals surface area contributed by atoms with Crippen LogP contribution >= 0.6 is 0 Å². The molecule has 0 aromatic rings. The molecule has 0 amide bonds. The Balaban J connectivity index is 2.42. The summed E-state index contributed by atoms with van der Waals surface area (Å²) in [7, 11) is 0. The molecule has 1 rings (SSSR count). The lowest BCUT2D eigenvalue weighted by molar-refractivity contribution is 0.498. The number of unbranched alkanes of at least 4 members (excludes halogenated alkanes) is 6. The van der Waals surface area contributed by atoms with Crippen LogP contribution in [0.2, 0.25) is 0 Å². The van der Waals surface area contributed by atoms with Crippen LogP contribution in [0.1, 0.15) is 104 Å². The van der Waals surface area contributed by atoms with E-state index in [4.69, 9.17) is 0 Å². The molecule has 122 valence electrons. The van der Waals surface area contributed by atoms with Gasteiger partial charge in [0.1, 0.15) is 0 Å². The van der Waals surface area contributed by atoms with Gasteiger partial charge in [-0.15, -0.1) is 0 Å². The van der Waals surface area contributed by atoms with E-state index in [1.165, 1.54) is 83.5 Å². The van der Waals surface area contributed by atoms with E-state index in [0.29, 0.717) is 0 Å². The van der Waals surface area contributed by atoms with Crippen molar-refractivity contribution in [2.24, 2.45) is 5.92 Å². The molecule has 0 spiro atoms. The third-order valence-electron chi connectivity index (χ3n) is 4.87. The summed E-state index contributed by atoms with van der Waals surface area (Å²) >= 11 is 0. The predicted molar refractivity (Wildman–Crippen MR) is 96.7 cm³/mol. The maximum absolute atomic E-state index is 2.49. The van der Waals surface area contributed by atoms with Gasteiger partial charge < -0.3 is 0 Å². The molecule has 0 saturated heterocycles. The van der Waals surface area contributed by atoms with Crippen LogP contribution in [0, 0.1) is 5.92 Å². The normalized spacial score (nSPS) is 18.5. The van der Waals surface area contributed by atoms with Crippen LogP contribution in [-0.4, -0.2) is 0 Å². The fourth-order valence-electron chi connectivity index (χ4n) is 3.52. The fourth-order valence-corrected chi connectivity index (χ4v) is 3.52. The van der Waals surface area contributed by atoms with Crippen molar-refractivity contribution in [3.8, 4) is 0 Å². The fraction of sp³-hybridized carbons (Fsp3) is 0.810. The zero-order valence-electron chi connectivity index (χ0n) is 14.9. The van der Waals surface area contributed by atoms with Gasteiger partial charge in [-0.1, -0.05) is 89.0 Å². The average molecular weight is 291 g/mol. The molecule has 1 aliphatic carbocycles. The predicted octanol–water partition coefficient (Wildman–Crippen LogP) is 7.60. The third-order valence-corrected chi connectivity index (χ3v) is 4.87. The molecule has 0 aliphatic heterocycles. The molecule has 0 N–H and O–H groups in total. The van der Waals surface area contributed by atoms with Crippen molar-refractivity contribution in [3.05, 3.63) is 23.3 Å². The Morgan fingerprint density at radius 2 is 1.43 bits per heavy atom. The van der Waals surface area contributed by atoms with E-state index in [2.05, 4.69) is 32.9 Å². The third kappa shape index (κ3) is 7.88. The smallest absolute Gasteiger partial charge is 0.0163 e. The van der Waals surface area contributed by atoms with Crippen LogP contribution in [0.3, 0.4) is 0 Å². The summed E-state index contributed by atoms with van der Waals surface area (Å²) in [5, 5.41) is 0. The molecule has 0 aromatic heterocycles. The van der Waals surface area contributed by atoms with Crippen molar-refractivity contribution in [2.75, 3.05) is 0 Å². The van der Waals surface area contributed by atoms with Gasteiger partial charge >= 0.3 is 0 Å². The molecule has 0 bridgehead atoms. The van der Waals surface area contributed by atoms with Crippen molar-refractivity contribution >= 4 is 0 Å².